The highest BCUT2D eigenvalue weighted by molar-refractivity contribution is 6.30. The van der Waals surface area contributed by atoms with Crippen LogP contribution in [0.2, 0.25) is 5.02 Å². The van der Waals surface area contributed by atoms with Gasteiger partial charge in [-0.15, -0.1) is 0 Å². The molecule has 27 heavy (non-hydrogen) atoms. The number of nitro groups is 1. The minimum absolute atomic E-state index is 0.103. The predicted molar refractivity (Wildman–Crippen MR) is 100 cm³/mol. The van der Waals surface area contributed by atoms with Crippen LogP contribution in [0.4, 0.5) is 11.4 Å². The molecule has 0 spiro atoms. The monoisotopic (exact) mass is 386 g/mol. The topological polar surface area (TPSA) is 99.3 Å². The average molecular weight is 387 g/mol. The van der Waals surface area contributed by atoms with E-state index in [1.807, 2.05) is 0 Å². The van der Waals surface area contributed by atoms with Crippen molar-refractivity contribution in [1.29, 1.82) is 0 Å². The summed E-state index contributed by atoms with van der Waals surface area (Å²) in [6.45, 7) is 1.75. The van der Waals surface area contributed by atoms with Gasteiger partial charge in [-0.1, -0.05) is 23.7 Å². The number of carbonyl (C=O) groups is 1. The number of aromatic nitrogens is 2. The van der Waals surface area contributed by atoms with Crippen molar-refractivity contribution in [2.24, 2.45) is 0 Å². The molecule has 1 amide bonds. The van der Waals surface area contributed by atoms with E-state index < -0.39 is 10.8 Å². The molecule has 1 aromatic heterocycles. The molecule has 0 aliphatic heterocycles. The molecule has 2 aromatic carbocycles. The van der Waals surface area contributed by atoms with Gasteiger partial charge in [0.05, 0.1) is 23.0 Å². The zero-order chi connectivity index (χ0) is 19.4. The summed E-state index contributed by atoms with van der Waals surface area (Å²) in [5, 5.41) is 18.3. The Labute approximate surface area is 159 Å². The molecule has 1 N–H and O–H groups in total. The van der Waals surface area contributed by atoms with E-state index in [4.69, 9.17) is 16.3 Å². The van der Waals surface area contributed by atoms with Gasteiger partial charge in [-0.25, -0.2) is 4.68 Å². The number of rotatable bonds is 6. The lowest BCUT2D eigenvalue weighted by Crippen LogP contribution is -2.12. The van der Waals surface area contributed by atoms with Crippen molar-refractivity contribution in [3.8, 4) is 5.75 Å². The molecule has 3 aromatic rings. The Morgan fingerprint density at radius 3 is 2.89 bits per heavy atom. The van der Waals surface area contributed by atoms with Crippen LogP contribution >= 0.6 is 11.6 Å². The normalized spacial score (nSPS) is 10.4. The number of nitrogens with zero attached hydrogens (tertiary/aromatic N) is 3. The molecular formula is C18H15ClN4O4. The summed E-state index contributed by atoms with van der Waals surface area (Å²) < 4.78 is 7.05. The number of nitro benzene ring substituents is 1. The van der Waals surface area contributed by atoms with E-state index in [-0.39, 0.29) is 18.0 Å². The van der Waals surface area contributed by atoms with Crippen LogP contribution in [0.15, 0.2) is 54.9 Å². The molecule has 3 rings (SSSR count). The van der Waals surface area contributed by atoms with Crippen molar-refractivity contribution in [1.82, 2.24) is 9.78 Å². The van der Waals surface area contributed by atoms with Gasteiger partial charge in [0, 0.05) is 22.2 Å². The highest BCUT2D eigenvalue weighted by atomic mass is 35.5. The number of nitrogens with one attached hydrogen (secondary N) is 1. The van der Waals surface area contributed by atoms with Gasteiger partial charge in [-0.05, 0) is 31.2 Å². The third-order valence-electron chi connectivity index (χ3n) is 3.72. The maximum atomic E-state index is 12.3. The Morgan fingerprint density at radius 1 is 1.33 bits per heavy atom. The van der Waals surface area contributed by atoms with Crippen LogP contribution in [0.5, 0.6) is 5.75 Å². The number of amides is 1. The summed E-state index contributed by atoms with van der Waals surface area (Å²) in [7, 11) is 0. The molecule has 0 radical (unpaired) electrons. The fraction of sp³-hybridized carbons (Fsp3) is 0.111. The minimum Gasteiger partial charge on any atom is -0.471 e. The van der Waals surface area contributed by atoms with E-state index in [1.54, 1.807) is 37.4 Å². The number of aryl methyl sites for hydroxylation is 1. The predicted octanol–water partition coefficient (Wildman–Crippen LogP) is 4.04. The van der Waals surface area contributed by atoms with Crippen LogP contribution in [0, 0.1) is 17.0 Å². The Bertz CT molecular complexity index is 1000. The number of hydrogen-bond acceptors (Lipinski definition) is 5. The summed E-state index contributed by atoms with van der Waals surface area (Å²) in [6, 6.07) is 11.3. The molecular weight excluding hydrogens is 372 g/mol. The van der Waals surface area contributed by atoms with Crippen LogP contribution in [0.25, 0.3) is 0 Å². The van der Waals surface area contributed by atoms with Gasteiger partial charge < -0.3 is 10.1 Å². The quantitative estimate of drug-likeness (QED) is 0.509. The van der Waals surface area contributed by atoms with Gasteiger partial charge in [0.2, 0.25) is 0 Å². The molecule has 0 aliphatic rings. The van der Waals surface area contributed by atoms with Crippen molar-refractivity contribution in [3.05, 3.63) is 81.1 Å². The summed E-state index contributed by atoms with van der Waals surface area (Å²) in [4.78, 5) is 22.8. The Balaban J connectivity index is 1.64. The Kier molecular flexibility index (Phi) is 5.37. The van der Waals surface area contributed by atoms with E-state index in [9.17, 15) is 14.9 Å². The third kappa shape index (κ3) is 4.62. The molecule has 0 fully saturated rings. The van der Waals surface area contributed by atoms with E-state index in [2.05, 4.69) is 10.4 Å². The van der Waals surface area contributed by atoms with Crippen molar-refractivity contribution in [2.45, 2.75) is 13.7 Å². The lowest BCUT2D eigenvalue weighted by atomic mass is 10.1. The SMILES string of the molecule is Cc1ccc(C(=O)Nc2cnn(COc3cccc(Cl)c3)c2)cc1[N+](=O)[O-]. The molecule has 0 unspecified atom stereocenters. The zero-order valence-corrected chi connectivity index (χ0v) is 15.0. The van der Waals surface area contributed by atoms with E-state index in [0.717, 1.165) is 0 Å². The second-order valence-electron chi connectivity index (χ2n) is 5.71. The summed E-state index contributed by atoms with van der Waals surface area (Å²) in [5.74, 6) is 0.129. The van der Waals surface area contributed by atoms with Crippen LogP contribution in [0.1, 0.15) is 15.9 Å². The van der Waals surface area contributed by atoms with Gasteiger partial charge in [0.1, 0.15) is 5.75 Å². The van der Waals surface area contributed by atoms with Gasteiger partial charge in [0.25, 0.3) is 11.6 Å². The van der Waals surface area contributed by atoms with Gasteiger partial charge >= 0.3 is 0 Å². The summed E-state index contributed by atoms with van der Waals surface area (Å²) in [6.07, 6.45) is 3.05. The Hall–Kier alpha value is -3.39. The number of hydrogen-bond donors (Lipinski definition) is 1. The molecule has 138 valence electrons. The third-order valence-corrected chi connectivity index (χ3v) is 3.95. The first-order chi connectivity index (χ1) is 12.9. The maximum Gasteiger partial charge on any atom is 0.273 e. The van der Waals surface area contributed by atoms with Gasteiger partial charge in [-0.3, -0.25) is 14.9 Å². The number of benzene rings is 2. The molecule has 0 bridgehead atoms. The standard InChI is InChI=1S/C18H15ClN4O4/c1-12-5-6-13(7-17(12)23(25)26)18(24)21-15-9-20-22(10-15)11-27-16-4-2-3-14(19)8-16/h2-10H,11H2,1H3,(H,21,24). The number of halogens is 1. The largest absolute Gasteiger partial charge is 0.471 e. The van der Waals surface area contributed by atoms with Gasteiger partial charge in [0.15, 0.2) is 6.73 Å². The molecule has 9 heteroatoms. The smallest absolute Gasteiger partial charge is 0.273 e. The Morgan fingerprint density at radius 2 is 2.15 bits per heavy atom. The molecule has 0 saturated heterocycles. The second kappa shape index (κ2) is 7.88. The fourth-order valence-electron chi connectivity index (χ4n) is 2.35. The van der Waals surface area contributed by atoms with Crippen LogP contribution in [-0.2, 0) is 6.73 Å². The first-order valence-electron chi connectivity index (χ1n) is 7.89. The summed E-state index contributed by atoms with van der Waals surface area (Å²) >= 11 is 5.89. The highest BCUT2D eigenvalue weighted by Crippen LogP contribution is 2.20. The van der Waals surface area contributed by atoms with E-state index in [1.165, 1.54) is 29.1 Å². The molecule has 0 aliphatic carbocycles. The van der Waals surface area contributed by atoms with Crippen LogP contribution in [-0.4, -0.2) is 20.6 Å². The molecule has 0 saturated carbocycles. The number of anilines is 1. The number of carbonyl (C=O) groups excluding carboxylic acids is 1. The minimum atomic E-state index is -0.517. The summed E-state index contributed by atoms with van der Waals surface area (Å²) in [5.41, 5.74) is 1.02. The fourth-order valence-corrected chi connectivity index (χ4v) is 2.53. The lowest BCUT2D eigenvalue weighted by molar-refractivity contribution is -0.385. The van der Waals surface area contributed by atoms with Crippen molar-refractivity contribution < 1.29 is 14.5 Å². The molecule has 8 nitrogen and oxygen atoms in total. The van der Waals surface area contributed by atoms with Gasteiger partial charge in [-0.2, -0.15) is 5.10 Å². The maximum absolute atomic E-state index is 12.3. The lowest BCUT2D eigenvalue weighted by Gasteiger charge is -2.06. The molecule has 0 atom stereocenters. The second-order valence-corrected chi connectivity index (χ2v) is 6.15. The van der Waals surface area contributed by atoms with Crippen molar-refractivity contribution >= 4 is 28.9 Å². The molecule has 1 heterocycles. The first kappa shape index (κ1) is 18.4. The zero-order valence-electron chi connectivity index (χ0n) is 14.3. The van der Waals surface area contributed by atoms with E-state index >= 15 is 0 Å². The number of ether oxygens (including phenoxy) is 1. The van der Waals surface area contributed by atoms with Crippen LogP contribution < -0.4 is 10.1 Å². The van der Waals surface area contributed by atoms with Crippen molar-refractivity contribution in [3.63, 3.8) is 0 Å². The highest BCUT2D eigenvalue weighted by Gasteiger charge is 2.15. The first-order valence-corrected chi connectivity index (χ1v) is 8.27. The van der Waals surface area contributed by atoms with E-state index in [0.29, 0.717) is 22.0 Å². The van der Waals surface area contributed by atoms with Crippen LogP contribution in [0.3, 0.4) is 0 Å². The van der Waals surface area contributed by atoms with Crippen molar-refractivity contribution in [2.75, 3.05) is 5.32 Å². The average Bonchev–Trinajstić information content (AvgIpc) is 3.07.